The quantitative estimate of drug-likeness (QED) is 0.694. The number of carbonyl (C=O) groups excluding carboxylic acids is 1. The van der Waals surface area contributed by atoms with Crippen LogP contribution in [-0.4, -0.2) is 24.2 Å². The van der Waals surface area contributed by atoms with Gasteiger partial charge < -0.3 is 10.6 Å². The van der Waals surface area contributed by atoms with Gasteiger partial charge in [-0.2, -0.15) is 0 Å². The molecule has 0 saturated heterocycles. The molecule has 1 aromatic rings. The number of amides is 1. The highest BCUT2D eigenvalue weighted by Crippen LogP contribution is 2.29. The van der Waals surface area contributed by atoms with Crippen molar-refractivity contribution in [3.63, 3.8) is 0 Å². The van der Waals surface area contributed by atoms with Gasteiger partial charge in [0.05, 0.1) is 6.54 Å². The Morgan fingerprint density at radius 3 is 2.73 bits per heavy atom. The molecule has 2 N–H and O–H groups in total. The predicted molar refractivity (Wildman–Crippen MR) is 98.3 cm³/mol. The number of rotatable bonds is 8. The van der Waals surface area contributed by atoms with Gasteiger partial charge in [0.2, 0.25) is 5.91 Å². The zero-order chi connectivity index (χ0) is 15.2. The normalized spacial score (nSPS) is 15.0. The first-order valence-corrected chi connectivity index (χ1v) is 8.74. The Hall–Kier alpha value is -0.710. The maximum absolute atomic E-state index is 11.9. The first-order chi connectivity index (χ1) is 10.1. The molecule has 1 fully saturated rings. The molecule has 0 heterocycles. The van der Waals surface area contributed by atoms with Gasteiger partial charge in [-0.15, -0.1) is 24.2 Å². The Balaban J connectivity index is 0.00000242. The first kappa shape index (κ1) is 19.3. The van der Waals surface area contributed by atoms with Crippen molar-refractivity contribution in [2.24, 2.45) is 5.92 Å². The van der Waals surface area contributed by atoms with Crippen LogP contribution in [0.1, 0.15) is 38.7 Å². The average molecular weight is 343 g/mol. The van der Waals surface area contributed by atoms with E-state index in [9.17, 15) is 4.79 Å². The fourth-order valence-electron chi connectivity index (χ4n) is 2.07. The minimum absolute atomic E-state index is 0. The number of anilines is 1. The average Bonchev–Trinajstić information content (AvgIpc) is 3.26. The summed E-state index contributed by atoms with van der Waals surface area (Å²) >= 11 is 1.88. The number of thioether (sulfide) groups is 1. The van der Waals surface area contributed by atoms with Crippen LogP contribution in [-0.2, 0) is 4.79 Å². The third-order valence-corrected chi connectivity index (χ3v) is 5.06. The van der Waals surface area contributed by atoms with Crippen molar-refractivity contribution in [1.29, 1.82) is 0 Å². The number of carbonyl (C=O) groups is 1. The second-order valence-corrected chi connectivity index (χ2v) is 7.45. The number of hydrogen-bond donors (Lipinski definition) is 2. The molecule has 0 aliphatic heterocycles. The fraction of sp³-hybridized carbons (Fsp3) is 0.588. The van der Waals surface area contributed by atoms with E-state index in [2.05, 4.69) is 36.6 Å². The van der Waals surface area contributed by atoms with Gasteiger partial charge in [-0.1, -0.05) is 13.8 Å². The predicted octanol–water partition coefficient (Wildman–Crippen LogP) is 4.25. The minimum Gasteiger partial charge on any atom is -0.325 e. The molecule has 22 heavy (non-hydrogen) atoms. The van der Waals surface area contributed by atoms with Crippen molar-refractivity contribution in [2.45, 2.75) is 50.2 Å². The van der Waals surface area contributed by atoms with Crippen molar-refractivity contribution in [1.82, 2.24) is 5.32 Å². The van der Waals surface area contributed by atoms with E-state index in [4.69, 9.17) is 0 Å². The summed E-state index contributed by atoms with van der Waals surface area (Å²) in [4.78, 5) is 13.2. The van der Waals surface area contributed by atoms with Crippen LogP contribution < -0.4 is 10.6 Å². The van der Waals surface area contributed by atoms with Gasteiger partial charge in [0.15, 0.2) is 0 Å². The highest BCUT2D eigenvalue weighted by atomic mass is 35.5. The van der Waals surface area contributed by atoms with Crippen molar-refractivity contribution in [3.05, 3.63) is 23.8 Å². The fourth-order valence-corrected chi connectivity index (χ4v) is 3.09. The molecule has 0 radical (unpaired) electrons. The van der Waals surface area contributed by atoms with Crippen LogP contribution in [0.5, 0.6) is 0 Å². The molecule has 0 bridgehead atoms. The van der Waals surface area contributed by atoms with Crippen LogP contribution in [0.3, 0.4) is 0 Å². The Bertz CT molecular complexity index is 492. The van der Waals surface area contributed by atoms with Crippen LogP contribution in [0.4, 0.5) is 5.69 Å². The summed E-state index contributed by atoms with van der Waals surface area (Å²) in [5.74, 6) is 0.845. The van der Waals surface area contributed by atoms with E-state index in [1.165, 1.54) is 17.7 Å². The van der Waals surface area contributed by atoms with Gasteiger partial charge in [0, 0.05) is 15.8 Å². The highest BCUT2D eigenvalue weighted by Gasteiger charge is 2.20. The standard InChI is InChI=1S/C17H26N2OS.ClH/c1-4-13(3)21-15-7-8-16(12(2)9-15)19-17(20)11-18-10-14-5-6-14;/h7-9,13-14,18H,4-6,10-11H2,1-3H3,(H,19,20);1H. The van der Waals surface area contributed by atoms with Crippen LogP contribution in [0.2, 0.25) is 0 Å². The number of benzene rings is 1. The monoisotopic (exact) mass is 342 g/mol. The van der Waals surface area contributed by atoms with E-state index >= 15 is 0 Å². The van der Waals surface area contributed by atoms with E-state index in [1.807, 2.05) is 24.8 Å². The van der Waals surface area contributed by atoms with Gasteiger partial charge in [0.1, 0.15) is 0 Å². The van der Waals surface area contributed by atoms with Crippen molar-refractivity contribution in [3.8, 4) is 0 Å². The molecule has 1 unspecified atom stereocenters. The van der Waals surface area contributed by atoms with E-state index in [0.29, 0.717) is 11.8 Å². The third-order valence-electron chi connectivity index (χ3n) is 3.80. The van der Waals surface area contributed by atoms with Crippen molar-refractivity contribution in [2.75, 3.05) is 18.4 Å². The Morgan fingerprint density at radius 2 is 2.14 bits per heavy atom. The molecule has 3 nitrogen and oxygen atoms in total. The highest BCUT2D eigenvalue weighted by molar-refractivity contribution is 7.99. The summed E-state index contributed by atoms with van der Waals surface area (Å²) in [6.07, 6.45) is 3.78. The Labute approximate surface area is 144 Å². The zero-order valence-corrected chi connectivity index (χ0v) is 15.3. The minimum atomic E-state index is 0. The first-order valence-electron chi connectivity index (χ1n) is 7.86. The molecule has 1 saturated carbocycles. The van der Waals surface area contributed by atoms with Crippen molar-refractivity contribution < 1.29 is 4.79 Å². The van der Waals surface area contributed by atoms with Crippen LogP contribution in [0.15, 0.2) is 23.1 Å². The maximum atomic E-state index is 11.9. The summed E-state index contributed by atoms with van der Waals surface area (Å²) in [5, 5.41) is 6.83. The van der Waals surface area contributed by atoms with Gasteiger partial charge in [-0.3, -0.25) is 4.79 Å². The van der Waals surface area contributed by atoms with Gasteiger partial charge in [-0.05, 0) is 62.4 Å². The van der Waals surface area contributed by atoms with Gasteiger partial charge >= 0.3 is 0 Å². The second-order valence-electron chi connectivity index (χ2n) is 5.94. The number of halogens is 1. The summed E-state index contributed by atoms with van der Waals surface area (Å²) in [5.41, 5.74) is 2.04. The van der Waals surface area contributed by atoms with E-state index in [0.717, 1.165) is 30.1 Å². The summed E-state index contributed by atoms with van der Waals surface area (Å²) in [6.45, 7) is 7.86. The van der Waals surface area contributed by atoms with E-state index in [-0.39, 0.29) is 18.3 Å². The number of nitrogens with one attached hydrogen (secondary N) is 2. The molecule has 1 amide bonds. The number of aryl methyl sites for hydroxylation is 1. The summed E-state index contributed by atoms with van der Waals surface area (Å²) in [7, 11) is 0. The van der Waals surface area contributed by atoms with Gasteiger partial charge in [0.25, 0.3) is 0 Å². The topological polar surface area (TPSA) is 41.1 Å². The molecule has 124 valence electrons. The molecule has 5 heteroatoms. The van der Waals surface area contributed by atoms with Crippen LogP contribution in [0.25, 0.3) is 0 Å². The van der Waals surface area contributed by atoms with Gasteiger partial charge in [-0.25, -0.2) is 0 Å². The van der Waals surface area contributed by atoms with Crippen molar-refractivity contribution >= 4 is 35.8 Å². The van der Waals surface area contributed by atoms with Crippen LogP contribution in [0, 0.1) is 12.8 Å². The zero-order valence-electron chi connectivity index (χ0n) is 13.6. The van der Waals surface area contributed by atoms with Crippen LogP contribution >= 0.6 is 24.2 Å². The molecular weight excluding hydrogens is 316 g/mol. The molecule has 0 spiro atoms. The molecule has 1 aliphatic carbocycles. The summed E-state index contributed by atoms with van der Waals surface area (Å²) in [6, 6.07) is 6.26. The summed E-state index contributed by atoms with van der Waals surface area (Å²) < 4.78 is 0. The largest absolute Gasteiger partial charge is 0.325 e. The lowest BCUT2D eigenvalue weighted by Crippen LogP contribution is -2.29. The SMILES string of the molecule is CCC(C)Sc1ccc(NC(=O)CNCC2CC2)c(C)c1.Cl. The van der Waals surface area contributed by atoms with E-state index in [1.54, 1.807) is 0 Å². The molecule has 0 aromatic heterocycles. The third kappa shape index (κ3) is 6.59. The molecule has 1 atom stereocenters. The lowest BCUT2D eigenvalue weighted by molar-refractivity contribution is -0.115. The molecule has 2 rings (SSSR count). The molecule has 1 aromatic carbocycles. The maximum Gasteiger partial charge on any atom is 0.238 e. The Morgan fingerprint density at radius 1 is 1.41 bits per heavy atom. The molecule has 1 aliphatic rings. The lowest BCUT2D eigenvalue weighted by Gasteiger charge is -2.12. The number of hydrogen-bond acceptors (Lipinski definition) is 3. The second kappa shape index (κ2) is 9.43. The van der Waals surface area contributed by atoms with E-state index < -0.39 is 0 Å². The molecular formula is C17H27ClN2OS. The Kier molecular flexibility index (Phi) is 8.29. The smallest absolute Gasteiger partial charge is 0.238 e. The lowest BCUT2D eigenvalue weighted by atomic mass is 10.2.